The quantitative estimate of drug-likeness (QED) is 0.694. The maximum absolute atomic E-state index is 13.0. The zero-order valence-electron chi connectivity index (χ0n) is 16.6. The first-order chi connectivity index (χ1) is 13.4. The van der Waals surface area contributed by atoms with E-state index in [0.29, 0.717) is 18.0 Å². The molecule has 1 aromatic heterocycles. The lowest BCUT2D eigenvalue weighted by atomic mass is 10.1. The van der Waals surface area contributed by atoms with Crippen molar-refractivity contribution in [3.63, 3.8) is 0 Å². The van der Waals surface area contributed by atoms with Crippen molar-refractivity contribution in [2.45, 2.75) is 33.4 Å². The number of aryl methyl sites for hydroxylation is 1. The van der Waals surface area contributed by atoms with Crippen LogP contribution in [0.2, 0.25) is 0 Å². The first kappa shape index (κ1) is 19.5. The van der Waals surface area contributed by atoms with Gasteiger partial charge in [-0.15, -0.1) is 0 Å². The maximum Gasteiger partial charge on any atom is 0.322 e. The number of aromatic nitrogens is 1. The van der Waals surface area contributed by atoms with Gasteiger partial charge in [-0.2, -0.15) is 0 Å². The summed E-state index contributed by atoms with van der Waals surface area (Å²) >= 11 is 0. The molecule has 0 radical (unpaired) electrons. The number of methoxy groups -OCH3 is 1. The van der Waals surface area contributed by atoms with Crippen molar-refractivity contribution in [1.82, 2.24) is 9.88 Å². The van der Waals surface area contributed by atoms with Gasteiger partial charge in [0.15, 0.2) is 0 Å². The summed E-state index contributed by atoms with van der Waals surface area (Å²) in [5.74, 6) is 0.601. The largest absolute Gasteiger partial charge is 0.495 e. The van der Waals surface area contributed by atoms with Gasteiger partial charge in [-0.1, -0.05) is 24.3 Å². The second-order valence-electron chi connectivity index (χ2n) is 7.06. The van der Waals surface area contributed by atoms with E-state index in [1.54, 1.807) is 18.1 Å². The summed E-state index contributed by atoms with van der Waals surface area (Å²) in [7, 11) is 1.57. The number of nitrogens with one attached hydrogen (secondary N) is 2. The molecule has 0 aliphatic carbocycles. The molecule has 2 N–H and O–H groups in total. The van der Waals surface area contributed by atoms with E-state index in [4.69, 9.17) is 4.74 Å². The third kappa shape index (κ3) is 4.17. The standard InChI is InChI=1S/C22H25N3O3/c1-14(2)25(22(27)24-19-11-15(3)9-10-20(19)28-4)13-16-12-21(26)23-18-8-6-5-7-17(16)18/h5-12,14H,13H2,1-4H3,(H,23,26)(H,24,27). The Hall–Kier alpha value is -3.28. The van der Waals surface area contributed by atoms with Crippen LogP contribution in [-0.2, 0) is 6.54 Å². The molecule has 0 atom stereocenters. The van der Waals surface area contributed by atoms with Gasteiger partial charge in [0, 0.05) is 29.6 Å². The zero-order valence-corrected chi connectivity index (χ0v) is 16.6. The molecule has 2 amide bonds. The molecule has 0 spiro atoms. The first-order valence-corrected chi connectivity index (χ1v) is 9.22. The summed E-state index contributed by atoms with van der Waals surface area (Å²) < 4.78 is 5.35. The summed E-state index contributed by atoms with van der Waals surface area (Å²) in [4.78, 5) is 29.6. The van der Waals surface area contributed by atoms with Crippen LogP contribution in [0, 0.1) is 6.92 Å². The summed E-state index contributed by atoms with van der Waals surface area (Å²) in [5, 5.41) is 3.87. The van der Waals surface area contributed by atoms with E-state index >= 15 is 0 Å². The summed E-state index contributed by atoms with van der Waals surface area (Å²) in [6, 6.07) is 14.5. The first-order valence-electron chi connectivity index (χ1n) is 9.22. The van der Waals surface area contributed by atoms with Crippen molar-refractivity contribution in [1.29, 1.82) is 0 Å². The van der Waals surface area contributed by atoms with E-state index in [1.165, 1.54) is 0 Å². The Bertz CT molecular complexity index is 1060. The molecule has 6 nitrogen and oxygen atoms in total. The smallest absolute Gasteiger partial charge is 0.322 e. The number of benzene rings is 2. The monoisotopic (exact) mass is 379 g/mol. The molecule has 0 aliphatic heterocycles. The van der Waals surface area contributed by atoms with E-state index < -0.39 is 0 Å². The number of nitrogens with zero attached hydrogens (tertiary/aromatic N) is 1. The highest BCUT2D eigenvalue weighted by Gasteiger charge is 2.20. The van der Waals surface area contributed by atoms with E-state index in [-0.39, 0.29) is 17.6 Å². The topological polar surface area (TPSA) is 74.4 Å². The van der Waals surface area contributed by atoms with Gasteiger partial charge in [-0.3, -0.25) is 4.79 Å². The molecule has 6 heteroatoms. The lowest BCUT2D eigenvalue weighted by Gasteiger charge is -2.28. The Morgan fingerprint density at radius 3 is 2.64 bits per heavy atom. The molecule has 0 bridgehead atoms. The molecular formula is C22H25N3O3. The minimum absolute atomic E-state index is 0.0612. The molecule has 0 saturated heterocycles. The molecule has 0 fully saturated rings. The average molecular weight is 379 g/mol. The third-order valence-electron chi connectivity index (χ3n) is 4.66. The van der Waals surface area contributed by atoms with Gasteiger partial charge in [0.1, 0.15) is 5.75 Å². The second kappa shape index (κ2) is 8.17. The number of hydrogen-bond acceptors (Lipinski definition) is 3. The Labute approximate surface area is 164 Å². The van der Waals surface area contributed by atoms with Gasteiger partial charge in [0.05, 0.1) is 12.8 Å². The predicted molar refractivity (Wildman–Crippen MR) is 112 cm³/mol. The van der Waals surface area contributed by atoms with Crippen molar-refractivity contribution in [2.24, 2.45) is 0 Å². The number of H-pyrrole nitrogens is 1. The lowest BCUT2D eigenvalue weighted by Crippen LogP contribution is -2.39. The Morgan fingerprint density at radius 1 is 1.18 bits per heavy atom. The van der Waals surface area contributed by atoms with Crippen molar-refractivity contribution < 1.29 is 9.53 Å². The number of amides is 2. The van der Waals surface area contributed by atoms with Gasteiger partial charge in [-0.05, 0) is 50.1 Å². The SMILES string of the molecule is COc1ccc(C)cc1NC(=O)N(Cc1cc(=O)[nH]c2ccccc12)C(C)C. The van der Waals surface area contributed by atoms with Crippen LogP contribution in [0.25, 0.3) is 10.9 Å². The van der Waals surface area contributed by atoms with Crippen molar-refractivity contribution in [3.05, 3.63) is 70.0 Å². The van der Waals surface area contributed by atoms with Gasteiger partial charge in [0.25, 0.3) is 0 Å². The fourth-order valence-corrected chi connectivity index (χ4v) is 3.19. The van der Waals surface area contributed by atoms with Crippen molar-refractivity contribution >= 4 is 22.6 Å². The number of hydrogen-bond donors (Lipinski definition) is 2. The van der Waals surface area contributed by atoms with Crippen LogP contribution in [0.3, 0.4) is 0 Å². The van der Waals surface area contributed by atoms with Crippen LogP contribution in [0.15, 0.2) is 53.3 Å². The van der Waals surface area contributed by atoms with Gasteiger partial charge in [0.2, 0.25) is 5.56 Å². The highest BCUT2D eigenvalue weighted by Crippen LogP contribution is 2.26. The van der Waals surface area contributed by atoms with Crippen LogP contribution < -0.4 is 15.6 Å². The minimum Gasteiger partial charge on any atom is -0.495 e. The molecule has 1 heterocycles. The van der Waals surface area contributed by atoms with E-state index in [9.17, 15) is 9.59 Å². The number of rotatable bonds is 5. The van der Waals surface area contributed by atoms with Gasteiger partial charge >= 0.3 is 6.03 Å². The summed E-state index contributed by atoms with van der Waals surface area (Å²) in [6.45, 7) is 6.17. The molecule has 2 aromatic carbocycles. The molecule has 146 valence electrons. The van der Waals surface area contributed by atoms with Gasteiger partial charge in [-0.25, -0.2) is 4.79 Å². The number of para-hydroxylation sites is 1. The molecule has 0 unspecified atom stereocenters. The maximum atomic E-state index is 13.0. The zero-order chi connectivity index (χ0) is 20.3. The van der Waals surface area contributed by atoms with Crippen LogP contribution >= 0.6 is 0 Å². The van der Waals surface area contributed by atoms with Gasteiger partial charge < -0.3 is 19.9 Å². The molecule has 0 saturated carbocycles. The number of urea groups is 1. The molecule has 0 aliphatic rings. The van der Waals surface area contributed by atoms with Crippen LogP contribution in [-0.4, -0.2) is 29.1 Å². The molecule has 3 aromatic rings. The fraction of sp³-hybridized carbons (Fsp3) is 0.273. The minimum atomic E-state index is -0.247. The fourth-order valence-electron chi connectivity index (χ4n) is 3.19. The Kier molecular flexibility index (Phi) is 5.68. The summed E-state index contributed by atoms with van der Waals surface area (Å²) in [6.07, 6.45) is 0. The third-order valence-corrected chi connectivity index (χ3v) is 4.66. The Balaban J connectivity index is 1.92. The van der Waals surface area contributed by atoms with E-state index in [1.807, 2.05) is 63.2 Å². The molecule has 28 heavy (non-hydrogen) atoms. The van der Waals surface area contributed by atoms with Crippen molar-refractivity contribution in [3.8, 4) is 5.75 Å². The number of carbonyl (C=O) groups is 1. The number of ether oxygens (including phenoxy) is 1. The number of carbonyl (C=O) groups excluding carboxylic acids is 1. The predicted octanol–water partition coefficient (Wildman–Crippen LogP) is 4.29. The van der Waals surface area contributed by atoms with Crippen LogP contribution in [0.4, 0.5) is 10.5 Å². The highest BCUT2D eigenvalue weighted by atomic mass is 16.5. The lowest BCUT2D eigenvalue weighted by molar-refractivity contribution is 0.194. The second-order valence-corrected chi connectivity index (χ2v) is 7.06. The number of pyridine rings is 1. The number of aromatic amines is 1. The van der Waals surface area contributed by atoms with Crippen LogP contribution in [0.1, 0.15) is 25.0 Å². The summed E-state index contributed by atoms with van der Waals surface area (Å²) in [5.41, 5.74) is 3.02. The van der Waals surface area contributed by atoms with Crippen LogP contribution in [0.5, 0.6) is 5.75 Å². The molecular weight excluding hydrogens is 354 g/mol. The van der Waals surface area contributed by atoms with Crippen molar-refractivity contribution in [2.75, 3.05) is 12.4 Å². The Morgan fingerprint density at radius 2 is 1.93 bits per heavy atom. The molecule has 3 rings (SSSR count). The van der Waals surface area contributed by atoms with E-state index in [0.717, 1.165) is 22.0 Å². The number of fused-ring (bicyclic) bond motifs is 1. The highest BCUT2D eigenvalue weighted by molar-refractivity contribution is 5.91. The van der Waals surface area contributed by atoms with E-state index in [2.05, 4.69) is 10.3 Å². The average Bonchev–Trinajstić information content (AvgIpc) is 2.65. The number of anilines is 1. The normalized spacial score (nSPS) is 10.9.